The fraction of sp³-hybridized carbons (Fsp3) is 0. The van der Waals surface area contributed by atoms with Crippen molar-refractivity contribution in [3.05, 3.63) is 140 Å². The standard InChI is InChI=1S/C33H24N2S2/c1-4-10-26(11-5-1)33-34-31(24-16-20-29(21-17-24)36-27-12-6-2-7-13-27)32(35-33)25-18-22-30(23-19-25)37-28-14-8-3-9-15-28/h1-23H,(H,34,35). The van der Waals surface area contributed by atoms with Crippen LogP contribution in [0.25, 0.3) is 33.9 Å². The Bertz CT molecular complexity index is 1470. The van der Waals surface area contributed by atoms with Gasteiger partial charge in [0.2, 0.25) is 0 Å². The zero-order chi connectivity index (χ0) is 24.9. The number of hydrogen-bond acceptors (Lipinski definition) is 3. The average molecular weight is 513 g/mol. The van der Waals surface area contributed by atoms with Crippen LogP contribution in [0.5, 0.6) is 0 Å². The van der Waals surface area contributed by atoms with E-state index in [0.717, 1.165) is 33.9 Å². The lowest BCUT2D eigenvalue weighted by Gasteiger charge is -2.07. The molecule has 0 saturated heterocycles. The van der Waals surface area contributed by atoms with E-state index in [1.165, 1.54) is 19.6 Å². The number of hydrogen-bond donors (Lipinski definition) is 1. The SMILES string of the molecule is c1ccc(Sc2ccc(-c3nc(-c4ccccc4)[nH]c3-c3ccc(Sc4ccccc4)cc3)cc2)cc1. The van der Waals surface area contributed by atoms with Gasteiger partial charge in [-0.25, -0.2) is 4.98 Å². The van der Waals surface area contributed by atoms with Crippen LogP contribution in [-0.4, -0.2) is 9.97 Å². The molecule has 0 fully saturated rings. The number of nitrogens with one attached hydrogen (secondary N) is 1. The van der Waals surface area contributed by atoms with Crippen LogP contribution < -0.4 is 0 Å². The lowest BCUT2D eigenvalue weighted by Crippen LogP contribution is -1.85. The fourth-order valence-electron chi connectivity index (χ4n) is 4.14. The minimum Gasteiger partial charge on any atom is -0.337 e. The Hall–Kier alpha value is -3.99. The topological polar surface area (TPSA) is 28.7 Å². The van der Waals surface area contributed by atoms with Crippen molar-refractivity contribution in [2.75, 3.05) is 0 Å². The first-order valence-electron chi connectivity index (χ1n) is 12.1. The van der Waals surface area contributed by atoms with Crippen LogP contribution in [0.3, 0.4) is 0 Å². The summed E-state index contributed by atoms with van der Waals surface area (Å²) >= 11 is 3.53. The molecule has 0 amide bonds. The fourth-order valence-corrected chi connectivity index (χ4v) is 5.82. The zero-order valence-corrected chi connectivity index (χ0v) is 21.7. The van der Waals surface area contributed by atoms with Crippen LogP contribution in [0.15, 0.2) is 159 Å². The van der Waals surface area contributed by atoms with Crippen LogP contribution in [-0.2, 0) is 0 Å². The van der Waals surface area contributed by atoms with E-state index in [2.05, 4.69) is 114 Å². The van der Waals surface area contributed by atoms with Gasteiger partial charge < -0.3 is 4.98 Å². The predicted octanol–water partition coefficient (Wildman–Crippen LogP) is 9.71. The molecule has 0 atom stereocenters. The Balaban J connectivity index is 1.33. The molecule has 0 unspecified atom stereocenters. The van der Waals surface area contributed by atoms with E-state index in [1.807, 2.05) is 30.3 Å². The molecule has 4 heteroatoms. The lowest BCUT2D eigenvalue weighted by molar-refractivity contribution is 1.31. The van der Waals surface area contributed by atoms with Crippen molar-refractivity contribution < 1.29 is 0 Å². The van der Waals surface area contributed by atoms with Crippen molar-refractivity contribution in [2.24, 2.45) is 0 Å². The van der Waals surface area contributed by atoms with Gasteiger partial charge in [0, 0.05) is 36.3 Å². The molecular weight excluding hydrogens is 489 g/mol. The van der Waals surface area contributed by atoms with E-state index in [0.29, 0.717) is 0 Å². The first-order chi connectivity index (χ1) is 18.3. The molecule has 2 nitrogen and oxygen atoms in total. The number of imidazole rings is 1. The Kier molecular flexibility index (Phi) is 6.93. The molecule has 1 aromatic heterocycles. The molecule has 37 heavy (non-hydrogen) atoms. The maximum Gasteiger partial charge on any atom is 0.138 e. The number of aromatic nitrogens is 2. The van der Waals surface area contributed by atoms with Gasteiger partial charge in [-0.15, -0.1) is 0 Å². The van der Waals surface area contributed by atoms with Gasteiger partial charge in [-0.1, -0.05) is 115 Å². The Morgan fingerprint density at radius 1 is 0.405 bits per heavy atom. The molecule has 1 heterocycles. The highest BCUT2D eigenvalue weighted by molar-refractivity contribution is 7.99. The van der Waals surface area contributed by atoms with Crippen LogP contribution in [0.2, 0.25) is 0 Å². The maximum atomic E-state index is 5.06. The van der Waals surface area contributed by atoms with Gasteiger partial charge >= 0.3 is 0 Å². The minimum atomic E-state index is 0.871. The Morgan fingerprint density at radius 2 is 0.838 bits per heavy atom. The van der Waals surface area contributed by atoms with Crippen molar-refractivity contribution in [3.63, 3.8) is 0 Å². The monoisotopic (exact) mass is 512 g/mol. The van der Waals surface area contributed by atoms with Gasteiger partial charge in [-0.2, -0.15) is 0 Å². The maximum absolute atomic E-state index is 5.06. The van der Waals surface area contributed by atoms with Gasteiger partial charge in [0.25, 0.3) is 0 Å². The molecule has 0 spiro atoms. The molecule has 178 valence electrons. The van der Waals surface area contributed by atoms with E-state index in [1.54, 1.807) is 23.5 Å². The van der Waals surface area contributed by atoms with E-state index >= 15 is 0 Å². The van der Waals surface area contributed by atoms with Crippen molar-refractivity contribution in [1.82, 2.24) is 9.97 Å². The highest BCUT2D eigenvalue weighted by Gasteiger charge is 2.16. The van der Waals surface area contributed by atoms with Crippen molar-refractivity contribution in [1.29, 1.82) is 0 Å². The molecular formula is C33H24N2S2. The van der Waals surface area contributed by atoms with Crippen LogP contribution in [0.4, 0.5) is 0 Å². The van der Waals surface area contributed by atoms with Gasteiger partial charge in [0.1, 0.15) is 5.82 Å². The molecule has 6 rings (SSSR count). The molecule has 0 aliphatic rings. The van der Waals surface area contributed by atoms with Crippen molar-refractivity contribution in [2.45, 2.75) is 19.6 Å². The molecule has 0 aliphatic carbocycles. The molecule has 0 radical (unpaired) electrons. The first kappa shape index (κ1) is 23.4. The summed E-state index contributed by atoms with van der Waals surface area (Å²) in [5.41, 5.74) is 5.26. The third-order valence-corrected chi connectivity index (χ3v) is 8.01. The number of benzene rings is 5. The summed E-state index contributed by atoms with van der Waals surface area (Å²) < 4.78 is 0. The second-order valence-corrected chi connectivity index (χ2v) is 10.8. The molecule has 5 aromatic carbocycles. The second kappa shape index (κ2) is 11.0. The average Bonchev–Trinajstić information content (AvgIpc) is 3.41. The first-order valence-corrected chi connectivity index (χ1v) is 13.8. The molecule has 0 aliphatic heterocycles. The van der Waals surface area contributed by atoms with Crippen molar-refractivity contribution in [3.8, 4) is 33.9 Å². The van der Waals surface area contributed by atoms with E-state index < -0.39 is 0 Å². The summed E-state index contributed by atoms with van der Waals surface area (Å²) in [5.74, 6) is 0.871. The Morgan fingerprint density at radius 3 is 1.35 bits per heavy atom. The largest absolute Gasteiger partial charge is 0.337 e. The molecule has 0 bridgehead atoms. The van der Waals surface area contributed by atoms with E-state index in [9.17, 15) is 0 Å². The number of nitrogens with zero attached hydrogens (tertiary/aromatic N) is 1. The third kappa shape index (κ3) is 5.56. The lowest BCUT2D eigenvalue weighted by atomic mass is 10.1. The molecule has 6 aromatic rings. The smallest absolute Gasteiger partial charge is 0.138 e. The summed E-state index contributed by atoms with van der Waals surface area (Å²) in [6.07, 6.45) is 0. The van der Waals surface area contributed by atoms with Crippen LogP contribution in [0.1, 0.15) is 0 Å². The number of rotatable bonds is 7. The van der Waals surface area contributed by atoms with Gasteiger partial charge in [-0.3, -0.25) is 0 Å². The summed E-state index contributed by atoms with van der Waals surface area (Å²) in [7, 11) is 0. The molecule has 0 saturated carbocycles. The summed E-state index contributed by atoms with van der Waals surface area (Å²) in [6, 6.07) is 48.6. The second-order valence-electron chi connectivity index (χ2n) is 8.55. The van der Waals surface area contributed by atoms with Gasteiger partial charge in [-0.05, 0) is 48.5 Å². The third-order valence-electron chi connectivity index (χ3n) is 5.98. The highest BCUT2D eigenvalue weighted by Crippen LogP contribution is 2.36. The summed E-state index contributed by atoms with van der Waals surface area (Å²) in [6.45, 7) is 0. The predicted molar refractivity (Wildman–Crippen MR) is 156 cm³/mol. The quantitative estimate of drug-likeness (QED) is 0.231. The minimum absolute atomic E-state index is 0.871. The van der Waals surface area contributed by atoms with Gasteiger partial charge in [0.05, 0.1) is 11.4 Å². The molecule has 1 N–H and O–H groups in total. The van der Waals surface area contributed by atoms with Crippen molar-refractivity contribution >= 4 is 23.5 Å². The van der Waals surface area contributed by atoms with E-state index in [-0.39, 0.29) is 0 Å². The summed E-state index contributed by atoms with van der Waals surface area (Å²) in [5, 5.41) is 0. The van der Waals surface area contributed by atoms with Gasteiger partial charge in [0.15, 0.2) is 0 Å². The number of H-pyrrole nitrogens is 1. The highest BCUT2D eigenvalue weighted by atomic mass is 32.2. The number of aromatic amines is 1. The van der Waals surface area contributed by atoms with Crippen LogP contribution in [0, 0.1) is 0 Å². The zero-order valence-electron chi connectivity index (χ0n) is 20.0. The normalized spacial score (nSPS) is 10.9. The van der Waals surface area contributed by atoms with E-state index in [4.69, 9.17) is 4.98 Å². The van der Waals surface area contributed by atoms with Crippen LogP contribution >= 0.6 is 23.5 Å². The summed E-state index contributed by atoms with van der Waals surface area (Å²) in [4.78, 5) is 13.6. The Labute approximate surface area is 225 Å².